The molecule has 1 aliphatic rings. The van der Waals surface area contributed by atoms with E-state index in [-0.39, 0.29) is 6.10 Å². The van der Waals surface area contributed by atoms with Crippen molar-refractivity contribution in [1.29, 1.82) is 0 Å². The normalized spacial score (nSPS) is 23.2. The Bertz CT molecular complexity index is 307. The van der Waals surface area contributed by atoms with Gasteiger partial charge in [-0.2, -0.15) is 4.98 Å². The summed E-state index contributed by atoms with van der Waals surface area (Å²) in [5.41, 5.74) is 0. The minimum absolute atomic E-state index is 0.0127. The van der Waals surface area contributed by atoms with Crippen LogP contribution in [0.5, 0.6) is 0 Å². The first-order valence-electron chi connectivity index (χ1n) is 5.41. The average molecular weight is 212 g/mol. The molecule has 2 heterocycles. The summed E-state index contributed by atoms with van der Waals surface area (Å²) in [7, 11) is 0. The molecule has 1 aromatic rings. The van der Waals surface area contributed by atoms with Gasteiger partial charge in [0.2, 0.25) is 11.7 Å². The molecular weight excluding hydrogens is 196 g/mol. The van der Waals surface area contributed by atoms with Crippen LogP contribution in [0.15, 0.2) is 4.52 Å². The van der Waals surface area contributed by atoms with E-state index in [0.717, 1.165) is 19.4 Å². The molecule has 1 N–H and O–H groups in total. The number of nitrogens with zero attached hydrogens (tertiary/aromatic N) is 2. The fraction of sp³-hybridized carbons (Fsp3) is 0.800. The number of hydrogen-bond acceptors (Lipinski definition) is 5. The molecule has 15 heavy (non-hydrogen) atoms. The summed E-state index contributed by atoms with van der Waals surface area (Å²) in [5, 5.41) is 13.3. The maximum absolute atomic E-state index is 9.43. The first-order chi connectivity index (χ1) is 7.29. The lowest BCUT2D eigenvalue weighted by Gasteiger charge is -2.02. The zero-order chi connectivity index (χ0) is 10.7. The summed E-state index contributed by atoms with van der Waals surface area (Å²) in [6.07, 6.45) is 2.71. The van der Waals surface area contributed by atoms with E-state index in [9.17, 15) is 5.11 Å². The second-order valence-electron chi connectivity index (χ2n) is 3.81. The largest absolute Gasteiger partial charge is 0.393 e. The molecule has 5 nitrogen and oxygen atoms in total. The Morgan fingerprint density at radius 1 is 1.60 bits per heavy atom. The number of aliphatic hydroxyl groups excluding tert-OH is 1. The van der Waals surface area contributed by atoms with E-state index in [4.69, 9.17) is 9.26 Å². The van der Waals surface area contributed by atoms with Crippen LogP contribution in [0.25, 0.3) is 0 Å². The molecule has 2 rings (SSSR count). The van der Waals surface area contributed by atoms with Gasteiger partial charge in [-0.3, -0.25) is 0 Å². The van der Waals surface area contributed by atoms with Crippen molar-refractivity contribution in [3.8, 4) is 0 Å². The number of aliphatic hydroxyl groups is 1. The van der Waals surface area contributed by atoms with Crippen molar-refractivity contribution >= 4 is 0 Å². The zero-order valence-electron chi connectivity index (χ0n) is 8.85. The van der Waals surface area contributed by atoms with Crippen LogP contribution in [0.3, 0.4) is 0 Å². The molecule has 0 saturated carbocycles. The molecule has 2 unspecified atom stereocenters. The Balaban J connectivity index is 1.97. The number of aromatic nitrogens is 2. The van der Waals surface area contributed by atoms with Gasteiger partial charge in [0.05, 0.1) is 12.5 Å². The summed E-state index contributed by atoms with van der Waals surface area (Å²) in [6, 6.07) is 0. The van der Waals surface area contributed by atoms with E-state index in [0.29, 0.717) is 24.6 Å². The van der Waals surface area contributed by atoms with E-state index in [1.165, 1.54) is 0 Å². The third kappa shape index (κ3) is 2.54. The van der Waals surface area contributed by atoms with Gasteiger partial charge >= 0.3 is 0 Å². The van der Waals surface area contributed by atoms with Crippen LogP contribution in [0.2, 0.25) is 0 Å². The molecule has 0 aromatic carbocycles. The molecule has 0 aliphatic carbocycles. The predicted octanol–water partition coefficient (Wildman–Crippen LogP) is 1.23. The van der Waals surface area contributed by atoms with Crippen LogP contribution < -0.4 is 0 Å². The standard InChI is InChI=1S/C10H16N2O3/c1-2-7(13)6-9-11-10(12-15-9)8-4-3-5-14-8/h7-8,13H,2-6H2,1H3. The van der Waals surface area contributed by atoms with Crippen molar-refractivity contribution < 1.29 is 14.4 Å². The smallest absolute Gasteiger partial charge is 0.229 e. The number of ether oxygens (including phenoxy) is 1. The van der Waals surface area contributed by atoms with E-state index in [1.54, 1.807) is 0 Å². The van der Waals surface area contributed by atoms with Crippen LogP contribution in [0.4, 0.5) is 0 Å². The van der Waals surface area contributed by atoms with E-state index in [2.05, 4.69) is 10.1 Å². The lowest BCUT2D eigenvalue weighted by Crippen LogP contribution is -2.08. The van der Waals surface area contributed by atoms with Crippen LogP contribution in [-0.2, 0) is 11.2 Å². The second-order valence-corrected chi connectivity index (χ2v) is 3.81. The van der Waals surface area contributed by atoms with Crippen molar-refractivity contribution in [3.63, 3.8) is 0 Å². The maximum Gasteiger partial charge on any atom is 0.229 e. The predicted molar refractivity (Wildman–Crippen MR) is 52.2 cm³/mol. The molecule has 2 atom stereocenters. The van der Waals surface area contributed by atoms with Crippen LogP contribution in [0.1, 0.15) is 44.0 Å². The van der Waals surface area contributed by atoms with Crippen molar-refractivity contribution in [2.24, 2.45) is 0 Å². The molecule has 0 amide bonds. The Labute approximate surface area is 88.4 Å². The van der Waals surface area contributed by atoms with Crippen molar-refractivity contribution in [2.45, 2.75) is 44.8 Å². The van der Waals surface area contributed by atoms with Gasteiger partial charge in [-0.15, -0.1) is 0 Å². The van der Waals surface area contributed by atoms with Crippen molar-refractivity contribution in [2.75, 3.05) is 6.61 Å². The molecular formula is C10H16N2O3. The summed E-state index contributed by atoms with van der Waals surface area (Å²) in [4.78, 5) is 4.22. The first kappa shape index (κ1) is 10.6. The Morgan fingerprint density at radius 2 is 2.47 bits per heavy atom. The SMILES string of the molecule is CCC(O)Cc1nc(C2CCCO2)no1. The van der Waals surface area contributed by atoms with Crippen molar-refractivity contribution in [3.05, 3.63) is 11.7 Å². The summed E-state index contributed by atoms with van der Waals surface area (Å²) < 4.78 is 10.5. The highest BCUT2D eigenvalue weighted by molar-refractivity contribution is 4.93. The lowest BCUT2D eigenvalue weighted by molar-refractivity contribution is 0.103. The first-order valence-corrected chi connectivity index (χ1v) is 5.41. The minimum Gasteiger partial charge on any atom is -0.393 e. The highest BCUT2D eigenvalue weighted by Gasteiger charge is 2.23. The number of rotatable bonds is 4. The van der Waals surface area contributed by atoms with Gasteiger partial charge in [0.15, 0.2) is 0 Å². The van der Waals surface area contributed by atoms with Crippen molar-refractivity contribution in [1.82, 2.24) is 10.1 Å². The van der Waals surface area contributed by atoms with Gasteiger partial charge in [-0.25, -0.2) is 0 Å². The Kier molecular flexibility index (Phi) is 3.33. The second kappa shape index (κ2) is 4.72. The molecule has 1 fully saturated rings. The van der Waals surface area contributed by atoms with Gasteiger partial charge in [0.1, 0.15) is 6.10 Å². The van der Waals surface area contributed by atoms with Crippen LogP contribution in [0, 0.1) is 0 Å². The van der Waals surface area contributed by atoms with Gasteiger partial charge in [-0.1, -0.05) is 12.1 Å². The monoisotopic (exact) mass is 212 g/mol. The minimum atomic E-state index is -0.400. The lowest BCUT2D eigenvalue weighted by atomic mass is 10.2. The molecule has 1 aliphatic heterocycles. The topological polar surface area (TPSA) is 68.4 Å². The van der Waals surface area contributed by atoms with E-state index >= 15 is 0 Å². The molecule has 0 radical (unpaired) electrons. The summed E-state index contributed by atoms with van der Waals surface area (Å²) >= 11 is 0. The highest BCUT2D eigenvalue weighted by Crippen LogP contribution is 2.26. The van der Waals surface area contributed by atoms with Gasteiger partial charge < -0.3 is 14.4 Å². The summed E-state index contributed by atoms with van der Waals surface area (Å²) in [6.45, 7) is 2.69. The van der Waals surface area contributed by atoms with Crippen LogP contribution in [-0.4, -0.2) is 28.0 Å². The van der Waals surface area contributed by atoms with Gasteiger partial charge in [-0.05, 0) is 19.3 Å². The third-order valence-electron chi connectivity index (χ3n) is 2.58. The quantitative estimate of drug-likeness (QED) is 0.813. The number of hydrogen-bond donors (Lipinski definition) is 1. The fourth-order valence-electron chi connectivity index (χ4n) is 1.61. The van der Waals surface area contributed by atoms with Crippen LogP contribution >= 0.6 is 0 Å². The third-order valence-corrected chi connectivity index (χ3v) is 2.58. The molecule has 0 spiro atoms. The molecule has 1 aromatic heterocycles. The summed E-state index contributed by atoms with van der Waals surface area (Å²) in [5.74, 6) is 1.11. The molecule has 5 heteroatoms. The molecule has 84 valence electrons. The zero-order valence-corrected chi connectivity index (χ0v) is 8.85. The highest BCUT2D eigenvalue weighted by atomic mass is 16.5. The van der Waals surface area contributed by atoms with E-state index in [1.807, 2.05) is 6.92 Å². The van der Waals surface area contributed by atoms with Gasteiger partial charge in [0.25, 0.3) is 0 Å². The van der Waals surface area contributed by atoms with E-state index < -0.39 is 6.10 Å². The Hall–Kier alpha value is -0.940. The fourth-order valence-corrected chi connectivity index (χ4v) is 1.61. The Morgan fingerprint density at radius 3 is 3.13 bits per heavy atom. The molecule has 1 saturated heterocycles. The maximum atomic E-state index is 9.43. The van der Waals surface area contributed by atoms with Gasteiger partial charge in [0, 0.05) is 6.61 Å². The molecule has 0 bridgehead atoms. The average Bonchev–Trinajstić information content (AvgIpc) is 2.85.